The van der Waals surface area contributed by atoms with E-state index in [0.29, 0.717) is 6.54 Å². The number of amides is 1. The lowest BCUT2D eigenvalue weighted by molar-refractivity contribution is -0.121. The first kappa shape index (κ1) is 14.5. The van der Waals surface area contributed by atoms with Crippen molar-refractivity contribution in [2.24, 2.45) is 5.92 Å². The Morgan fingerprint density at radius 2 is 2.06 bits per heavy atom. The lowest BCUT2D eigenvalue weighted by atomic mass is 9.94. The Hall–Kier alpha value is -0.610. The van der Waals surface area contributed by atoms with Gasteiger partial charge in [0.2, 0.25) is 5.91 Å². The van der Waals surface area contributed by atoms with Crippen molar-refractivity contribution in [1.82, 2.24) is 15.5 Å². The second kappa shape index (κ2) is 8.48. The molecular formula is C13H27N3O. The third-order valence-electron chi connectivity index (χ3n) is 3.50. The van der Waals surface area contributed by atoms with E-state index in [0.717, 1.165) is 38.5 Å². The Morgan fingerprint density at radius 3 is 2.65 bits per heavy atom. The van der Waals surface area contributed by atoms with E-state index < -0.39 is 0 Å². The van der Waals surface area contributed by atoms with Gasteiger partial charge in [-0.3, -0.25) is 9.69 Å². The van der Waals surface area contributed by atoms with Crippen molar-refractivity contribution < 1.29 is 4.79 Å². The summed E-state index contributed by atoms with van der Waals surface area (Å²) in [4.78, 5) is 13.7. The maximum atomic E-state index is 11.4. The van der Waals surface area contributed by atoms with Gasteiger partial charge in [-0.05, 0) is 57.8 Å². The van der Waals surface area contributed by atoms with Crippen LogP contribution in [0.5, 0.6) is 0 Å². The van der Waals surface area contributed by atoms with Crippen LogP contribution >= 0.6 is 0 Å². The van der Waals surface area contributed by atoms with Gasteiger partial charge in [0.25, 0.3) is 0 Å². The Bertz CT molecular complexity index is 215. The van der Waals surface area contributed by atoms with Gasteiger partial charge in [-0.2, -0.15) is 0 Å². The fourth-order valence-electron chi connectivity index (χ4n) is 2.40. The van der Waals surface area contributed by atoms with Gasteiger partial charge in [-0.25, -0.2) is 0 Å². The fourth-order valence-corrected chi connectivity index (χ4v) is 2.40. The number of carbonyl (C=O) groups is 1. The summed E-state index contributed by atoms with van der Waals surface area (Å²) in [5.74, 6) is 0.976. The summed E-state index contributed by atoms with van der Waals surface area (Å²) < 4.78 is 0. The van der Waals surface area contributed by atoms with E-state index in [-0.39, 0.29) is 5.91 Å². The highest BCUT2D eigenvalue weighted by Gasteiger charge is 2.15. The Kier molecular flexibility index (Phi) is 7.21. The van der Waals surface area contributed by atoms with Crippen molar-refractivity contribution in [1.29, 1.82) is 0 Å². The summed E-state index contributed by atoms with van der Waals surface area (Å²) in [5.41, 5.74) is 0. The molecule has 1 amide bonds. The van der Waals surface area contributed by atoms with Crippen LogP contribution in [0.3, 0.4) is 0 Å². The van der Waals surface area contributed by atoms with Gasteiger partial charge in [0.05, 0.1) is 6.54 Å². The summed E-state index contributed by atoms with van der Waals surface area (Å²) in [7, 11) is 1.71. The molecule has 0 spiro atoms. The standard InChI is InChI=1S/C13H27N3O/c1-3-9-16(11-13(17)14-2)10-6-12-4-7-15-8-5-12/h12,15H,3-11H2,1-2H3,(H,14,17). The maximum absolute atomic E-state index is 11.4. The largest absolute Gasteiger partial charge is 0.358 e. The first-order chi connectivity index (χ1) is 8.26. The molecule has 1 heterocycles. The minimum absolute atomic E-state index is 0.128. The van der Waals surface area contributed by atoms with Crippen molar-refractivity contribution in [3.63, 3.8) is 0 Å². The van der Waals surface area contributed by atoms with Crippen LogP contribution in [0.15, 0.2) is 0 Å². The fraction of sp³-hybridized carbons (Fsp3) is 0.923. The normalized spacial score (nSPS) is 17.4. The third kappa shape index (κ3) is 6.03. The quantitative estimate of drug-likeness (QED) is 0.694. The minimum atomic E-state index is 0.128. The molecule has 0 saturated carbocycles. The number of piperidine rings is 1. The van der Waals surface area contributed by atoms with E-state index in [1.165, 1.54) is 19.3 Å². The molecule has 0 radical (unpaired) electrons. The average molecular weight is 241 g/mol. The zero-order valence-corrected chi connectivity index (χ0v) is 11.3. The second-order valence-electron chi connectivity index (χ2n) is 4.93. The maximum Gasteiger partial charge on any atom is 0.233 e. The molecule has 100 valence electrons. The predicted molar refractivity (Wildman–Crippen MR) is 71.0 cm³/mol. The molecule has 1 rings (SSSR count). The SMILES string of the molecule is CCCN(CCC1CCNCC1)CC(=O)NC. The number of nitrogens with zero attached hydrogens (tertiary/aromatic N) is 1. The Morgan fingerprint density at radius 1 is 1.35 bits per heavy atom. The lowest BCUT2D eigenvalue weighted by Crippen LogP contribution is -2.38. The smallest absolute Gasteiger partial charge is 0.233 e. The molecule has 0 aromatic heterocycles. The third-order valence-corrected chi connectivity index (χ3v) is 3.50. The minimum Gasteiger partial charge on any atom is -0.358 e. The van der Waals surface area contributed by atoms with Crippen molar-refractivity contribution in [2.75, 3.05) is 39.8 Å². The highest BCUT2D eigenvalue weighted by Crippen LogP contribution is 2.16. The molecule has 0 unspecified atom stereocenters. The molecule has 2 N–H and O–H groups in total. The molecule has 0 aromatic rings. The van der Waals surface area contributed by atoms with Crippen molar-refractivity contribution in [3.05, 3.63) is 0 Å². The summed E-state index contributed by atoms with van der Waals surface area (Å²) in [5, 5.41) is 6.09. The monoisotopic (exact) mass is 241 g/mol. The van der Waals surface area contributed by atoms with E-state index in [1.54, 1.807) is 7.05 Å². The van der Waals surface area contributed by atoms with Crippen molar-refractivity contribution >= 4 is 5.91 Å². The van der Waals surface area contributed by atoms with E-state index in [4.69, 9.17) is 0 Å². The number of likely N-dealkylation sites (N-methyl/N-ethyl adjacent to an activating group) is 1. The predicted octanol–water partition coefficient (Wildman–Crippen LogP) is 0.834. The molecule has 0 bridgehead atoms. The summed E-state index contributed by atoms with van der Waals surface area (Å²) >= 11 is 0. The molecule has 4 heteroatoms. The van der Waals surface area contributed by atoms with Crippen molar-refractivity contribution in [2.45, 2.75) is 32.6 Å². The van der Waals surface area contributed by atoms with Crippen LogP contribution < -0.4 is 10.6 Å². The molecule has 4 nitrogen and oxygen atoms in total. The highest BCUT2D eigenvalue weighted by molar-refractivity contribution is 5.77. The van der Waals surface area contributed by atoms with Crippen LogP contribution in [0.4, 0.5) is 0 Å². The molecule has 1 fully saturated rings. The first-order valence-corrected chi connectivity index (χ1v) is 6.90. The van der Waals surface area contributed by atoms with Gasteiger partial charge in [-0.15, -0.1) is 0 Å². The highest BCUT2D eigenvalue weighted by atomic mass is 16.1. The molecule has 1 saturated heterocycles. The topological polar surface area (TPSA) is 44.4 Å². The number of rotatable bonds is 7. The van der Waals surface area contributed by atoms with Crippen LogP contribution in [0, 0.1) is 5.92 Å². The summed E-state index contributed by atoms with van der Waals surface area (Å²) in [6.45, 7) is 7.13. The molecular weight excluding hydrogens is 214 g/mol. The number of carbonyl (C=O) groups excluding carboxylic acids is 1. The average Bonchev–Trinajstić information content (AvgIpc) is 2.37. The molecule has 17 heavy (non-hydrogen) atoms. The summed E-state index contributed by atoms with van der Waals surface area (Å²) in [6, 6.07) is 0. The molecule has 0 atom stereocenters. The zero-order valence-electron chi connectivity index (χ0n) is 11.3. The van der Waals surface area contributed by atoms with Gasteiger partial charge in [0.1, 0.15) is 0 Å². The van der Waals surface area contributed by atoms with Gasteiger partial charge in [0.15, 0.2) is 0 Å². The first-order valence-electron chi connectivity index (χ1n) is 6.90. The van der Waals surface area contributed by atoms with Crippen LogP contribution in [0.25, 0.3) is 0 Å². The van der Waals surface area contributed by atoms with E-state index in [9.17, 15) is 4.79 Å². The molecule has 1 aliphatic heterocycles. The number of hydrogen-bond donors (Lipinski definition) is 2. The zero-order chi connectivity index (χ0) is 12.5. The van der Waals surface area contributed by atoms with Gasteiger partial charge < -0.3 is 10.6 Å². The number of hydrogen-bond acceptors (Lipinski definition) is 3. The Balaban J connectivity index is 2.24. The number of nitrogens with one attached hydrogen (secondary N) is 2. The lowest BCUT2D eigenvalue weighted by Gasteiger charge is -2.26. The van der Waals surface area contributed by atoms with Gasteiger partial charge in [-0.1, -0.05) is 6.92 Å². The van der Waals surface area contributed by atoms with Crippen LogP contribution in [-0.4, -0.2) is 50.6 Å². The van der Waals surface area contributed by atoms with E-state index in [2.05, 4.69) is 22.5 Å². The van der Waals surface area contributed by atoms with Crippen LogP contribution in [0.2, 0.25) is 0 Å². The van der Waals surface area contributed by atoms with E-state index >= 15 is 0 Å². The van der Waals surface area contributed by atoms with Gasteiger partial charge in [0, 0.05) is 7.05 Å². The van der Waals surface area contributed by atoms with Crippen molar-refractivity contribution in [3.8, 4) is 0 Å². The van der Waals surface area contributed by atoms with Crippen LogP contribution in [0.1, 0.15) is 32.6 Å². The second-order valence-corrected chi connectivity index (χ2v) is 4.93. The molecule has 1 aliphatic rings. The van der Waals surface area contributed by atoms with Gasteiger partial charge >= 0.3 is 0 Å². The van der Waals surface area contributed by atoms with E-state index in [1.807, 2.05) is 0 Å². The molecule has 0 aromatic carbocycles. The Labute approximate surface area is 105 Å². The molecule has 0 aliphatic carbocycles. The summed E-state index contributed by atoms with van der Waals surface area (Å²) in [6.07, 6.45) is 4.93. The van der Waals surface area contributed by atoms with Crippen LogP contribution in [-0.2, 0) is 4.79 Å².